The average Bonchev–Trinajstić information content (AvgIpc) is 2.75. The predicted octanol–water partition coefficient (Wildman–Crippen LogP) is 0.129. The fraction of sp³-hybridized carbons (Fsp3) is 0.167. The maximum absolute atomic E-state index is 11.6. The van der Waals surface area contributed by atoms with Crippen LogP contribution in [0.5, 0.6) is 0 Å². The molecule has 0 atom stereocenters. The maximum Gasteiger partial charge on any atom is 0.332 e. The lowest BCUT2D eigenvalue weighted by Gasteiger charge is -2.06. The molecule has 0 radical (unpaired) electrons. The van der Waals surface area contributed by atoms with Crippen molar-refractivity contribution in [3.05, 3.63) is 62.4 Å². The molecule has 2 heterocycles. The Balaban J connectivity index is 2.16. The summed E-state index contributed by atoms with van der Waals surface area (Å²) < 4.78 is 1.43. The molecule has 1 aliphatic rings. The molecule has 0 saturated carbocycles. The molecule has 2 aromatic rings. The molecule has 17 heavy (non-hydrogen) atoms. The summed E-state index contributed by atoms with van der Waals surface area (Å²) in [6.07, 6.45) is 1.49. The first-order chi connectivity index (χ1) is 8.24. The molecule has 1 aliphatic heterocycles. The van der Waals surface area contributed by atoms with Gasteiger partial charge in [0.1, 0.15) is 0 Å². The number of aromatic nitrogens is 2. The molecule has 0 spiro atoms. The molecule has 0 fully saturated rings. The van der Waals surface area contributed by atoms with Crippen LogP contribution in [0.4, 0.5) is 0 Å². The number of hydrogen-bond donors (Lipinski definition) is 2. The Morgan fingerprint density at radius 3 is 2.71 bits per heavy atom. The highest BCUT2D eigenvalue weighted by atomic mass is 16.2. The molecule has 0 aliphatic carbocycles. The molecule has 5 heteroatoms. The van der Waals surface area contributed by atoms with E-state index in [4.69, 9.17) is 0 Å². The van der Waals surface area contributed by atoms with Crippen LogP contribution in [0.2, 0.25) is 0 Å². The Labute approximate surface area is 96.7 Å². The van der Waals surface area contributed by atoms with E-state index in [0.29, 0.717) is 0 Å². The molecule has 86 valence electrons. The number of fused-ring (bicyclic) bond motifs is 1. The Morgan fingerprint density at radius 2 is 1.88 bits per heavy atom. The number of hydrogen-bond acceptors (Lipinski definition) is 3. The van der Waals surface area contributed by atoms with Crippen LogP contribution in [-0.2, 0) is 13.1 Å². The second-order valence-electron chi connectivity index (χ2n) is 4.04. The van der Waals surface area contributed by atoms with Gasteiger partial charge in [-0.15, -0.1) is 0 Å². The van der Waals surface area contributed by atoms with Gasteiger partial charge in [-0.2, -0.15) is 0 Å². The maximum atomic E-state index is 11.6. The molecular formula is C12H11N3O2. The summed E-state index contributed by atoms with van der Waals surface area (Å²) >= 11 is 0. The van der Waals surface area contributed by atoms with Crippen LogP contribution in [0.25, 0.3) is 5.69 Å². The quantitative estimate of drug-likeness (QED) is 0.730. The summed E-state index contributed by atoms with van der Waals surface area (Å²) in [6, 6.07) is 7.19. The third-order valence-electron chi connectivity index (χ3n) is 2.92. The second kappa shape index (κ2) is 3.71. The van der Waals surface area contributed by atoms with Gasteiger partial charge in [-0.25, -0.2) is 4.79 Å². The number of nitrogens with one attached hydrogen (secondary N) is 2. The zero-order valence-corrected chi connectivity index (χ0v) is 9.06. The summed E-state index contributed by atoms with van der Waals surface area (Å²) in [5.74, 6) is 0. The number of aromatic amines is 1. The SMILES string of the molecule is O=c1ccn(-c2ccc3c(c2)CNC3)c(=O)[nH]1. The smallest absolute Gasteiger partial charge is 0.309 e. The molecule has 5 nitrogen and oxygen atoms in total. The first kappa shape index (κ1) is 10.0. The van der Waals surface area contributed by atoms with Crippen LogP contribution in [0.3, 0.4) is 0 Å². The molecule has 0 bridgehead atoms. The number of H-pyrrole nitrogens is 1. The van der Waals surface area contributed by atoms with Gasteiger partial charge >= 0.3 is 5.69 Å². The minimum atomic E-state index is -0.414. The third-order valence-corrected chi connectivity index (χ3v) is 2.92. The topological polar surface area (TPSA) is 66.9 Å². The van der Waals surface area contributed by atoms with E-state index < -0.39 is 5.69 Å². The normalized spacial score (nSPS) is 13.6. The van der Waals surface area contributed by atoms with Crippen LogP contribution in [0.1, 0.15) is 11.1 Å². The van der Waals surface area contributed by atoms with Gasteiger partial charge in [-0.05, 0) is 23.3 Å². The fourth-order valence-corrected chi connectivity index (χ4v) is 2.05. The van der Waals surface area contributed by atoms with Gasteiger partial charge in [0.05, 0.1) is 5.69 Å². The van der Waals surface area contributed by atoms with Crippen LogP contribution >= 0.6 is 0 Å². The molecule has 0 unspecified atom stereocenters. The zero-order chi connectivity index (χ0) is 11.8. The van der Waals surface area contributed by atoms with Crippen LogP contribution < -0.4 is 16.6 Å². The highest BCUT2D eigenvalue weighted by Gasteiger charge is 2.11. The number of benzene rings is 1. The summed E-state index contributed by atoms with van der Waals surface area (Å²) in [5.41, 5.74) is 2.43. The summed E-state index contributed by atoms with van der Waals surface area (Å²) in [7, 11) is 0. The standard InChI is InChI=1S/C12H11N3O2/c16-11-3-4-15(12(17)14-11)10-2-1-8-6-13-7-9(8)5-10/h1-5,13H,6-7H2,(H,14,16,17). The highest BCUT2D eigenvalue weighted by molar-refractivity contribution is 5.42. The molecule has 1 aromatic carbocycles. The van der Waals surface area contributed by atoms with E-state index in [1.54, 1.807) is 0 Å². The van der Waals surface area contributed by atoms with Crippen LogP contribution in [0, 0.1) is 0 Å². The first-order valence-electron chi connectivity index (χ1n) is 5.39. The van der Waals surface area contributed by atoms with Crippen molar-refractivity contribution in [3.8, 4) is 5.69 Å². The fourth-order valence-electron chi connectivity index (χ4n) is 2.05. The lowest BCUT2D eigenvalue weighted by Crippen LogP contribution is -2.27. The van der Waals surface area contributed by atoms with E-state index >= 15 is 0 Å². The Kier molecular flexibility index (Phi) is 2.19. The van der Waals surface area contributed by atoms with Gasteiger partial charge in [-0.1, -0.05) is 6.07 Å². The molecule has 0 saturated heterocycles. The Bertz CT molecular complexity index is 685. The molecule has 2 N–H and O–H groups in total. The summed E-state index contributed by atoms with van der Waals surface area (Å²) in [4.78, 5) is 24.9. The lowest BCUT2D eigenvalue weighted by molar-refractivity contribution is 0.764. The van der Waals surface area contributed by atoms with Crippen molar-refractivity contribution in [1.82, 2.24) is 14.9 Å². The summed E-state index contributed by atoms with van der Waals surface area (Å²) in [6.45, 7) is 1.69. The third kappa shape index (κ3) is 1.70. The number of rotatable bonds is 1. The first-order valence-corrected chi connectivity index (χ1v) is 5.39. The monoisotopic (exact) mass is 229 g/mol. The van der Waals surface area contributed by atoms with Crippen molar-refractivity contribution in [1.29, 1.82) is 0 Å². The molecular weight excluding hydrogens is 218 g/mol. The van der Waals surface area contributed by atoms with E-state index in [1.807, 2.05) is 18.2 Å². The van der Waals surface area contributed by atoms with Crippen molar-refractivity contribution in [3.63, 3.8) is 0 Å². The van der Waals surface area contributed by atoms with Crippen molar-refractivity contribution in [2.24, 2.45) is 0 Å². The van der Waals surface area contributed by atoms with Gasteiger partial charge in [-0.3, -0.25) is 14.3 Å². The van der Waals surface area contributed by atoms with E-state index in [2.05, 4.69) is 10.3 Å². The van der Waals surface area contributed by atoms with Crippen molar-refractivity contribution in [2.75, 3.05) is 0 Å². The Hall–Kier alpha value is -2.14. The Morgan fingerprint density at radius 1 is 1.06 bits per heavy atom. The molecule has 0 amide bonds. The van der Waals surface area contributed by atoms with Gasteiger partial charge in [0.15, 0.2) is 0 Å². The second-order valence-corrected chi connectivity index (χ2v) is 4.04. The number of nitrogens with zero attached hydrogens (tertiary/aromatic N) is 1. The van der Waals surface area contributed by atoms with Crippen molar-refractivity contribution >= 4 is 0 Å². The van der Waals surface area contributed by atoms with Gasteiger partial charge in [0, 0.05) is 25.4 Å². The van der Waals surface area contributed by atoms with E-state index in [-0.39, 0.29) is 5.56 Å². The van der Waals surface area contributed by atoms with Crippen molar-refractivity contribution < 1.29 is 0 Å². The predicted molar refractivity (Wildman–Crippen MR) is 63.2 cm³/mol. The summed E-state index contributed by atoms with van der Waals surface area (Å²) in [5, 5.41) is 3.24. The lowest BCUT2D eigenvalue weighted by atomic mass is 10.1. The van der Waals surface area contributed by atoms with Gasteiger partial charge in [0.25, 0.3) is 5.56 Å². The average molecular weight is 229 g/mol. The van der Waals surface area contributed by atoms with E-state index in [0.717, 1.165) is 18.8 Å². The minimum absolute atomic E-state index is 0.380. The van der Waals surface area contributed by atoms with Crippen molar-refractivity contribution in [2.45, 2.75) is 13.1 Å². The van der Waals surface area contributed by atoms with Crippen LogP contribution in [-0.4, -0.2) is 9.55 Å². The van der Waals surface area contributed by atoms with Gasteiger partial charge < -0.3 is 5.32 Å². The molecule has 1 aromatic heterocycles. The molecule has 3 rings (SSSR count). The van der Waals surface area contributed by atoms with Crippen LogP contribution in [0.15, 0.2) is 40.1 Å². The highest BCUT2D eigenvalue weighted by Crippen LogP contribution is 2.18. The van der Waals surface area contributed by atoms with Gasteiger partial charge in [0.2, 0.25) is 0 Å². The minimum Gasteiger partial charge on any atom is -0.309 e. The zero-order valence-electron chi connectivity index (χ0n) is 9.06. The van der Waals surface area contributed by atoms with E-state index in [1.165, 1.54) is 28.0 Å². The van der Waals surface area contributed by atoms with E-state index in [9.17, 15) is 9.59 Å². The largest absolute Gasteiger partial charge is 0.332 e.